The van der Waals surface area contributed by atoms with E-state index in [2.05, 4.69) is 5.32 Å². The van der Waals surface area contributed by atoms with E-state index >= 15 is 0 Å². The molecule has 3 heteroatoms. The molecule has 1 aliphatic rings. The van der Waals surface area contributed by atoms with E-state index in [1.165, 1.54) is 0 Å². The van der Waals surface area contributed by atoms with Crippen LogP contribution >= 0.6 is 0 Å². The van der Waals surface area contributed by atoms with E-state index < -0.39 is 5.60 Å². The van der Waals surface area contributed by atoms with Crippen molar-refractivity contribution in [3.05, 3.63) is 29.8 Å². The van der Waals surface area contributed by atoms with Gasteiger partial charge in [0, 0.05) is 18.4 Å². The number of fused-ring (bicyclic) bond motifs is 1. The highest BCUT2D eigenvalue weighted by atomic mass is 16.5. The van der Waals surface area contributed by atoms with Crippen LogP contribution in [0.3, 0.4) is 0 Å². The van der Waals surface area contributed by atoms with Crippen molar-refractivity contribution in [3.63, 3.8) is 0 Å². The first-order valence-electron chi connectivity index (χ1n) is 4.70. The third kappa shape index (κ3) is 0.990. The quantitative estimate of drug-likeness (QED) is 0.775. The van der Waals surface area contributed by atoms with Gasteiger partial charge in [-0.2, -0.15) is 0 Å². The first-order chi connectivity index (χ1) is 6.74. The Morgan fingerprint density at radius 2 is 2.14 bits per heavy atom. The van der Waals surface area contributed by atoms with Crippen LogP contribution in [-0.2, 0) is 15.1 Å². The van der Waals surface area contributed by atoms with E-state index in [0.717, 1.165) is 11.3 Å². The summed E-state index contributed by atoms with van der Waals surface area (Å²) in [4.78, 5) is 11.8. The second-order valence-corrected chi connectivity index (χ2v) is 3.38. The molecule has 1 amide bonds. The van der Waals surface area contributed by atoms with Crippen LogP contribution in [0, 0.1) is 0 Å². The molecule has 3 nitrogen and oxygen atoms in total. The maximum absolute atomic E-state index is 11.8. The lowest BCUT2D eigenvalue weighted by Crippen LogP contribution is -2.35. The molecule has 0 aromatic heterocycles. The molecular weight excluding hydrogens is 178 g/mol. The highest BCUT2D eigenvalue weighted by molar-refractivity contribution is 6.05. The molecule has 2 rings (SSSR count). The molecule has 1 aliphatic heterocycles. The number of carbonyl (C=O) groups is 1. The Morgan fingerprint density at radius 1 is 1.43 bits per heavy atom. The average molecular weight is 191 g/mol. The topological polar surface area (TPSA) is 38.3 Å². The van der Waals surface area contributed by atoms with Gasteiger partial charge in [-0.25, -0.2) is 0 Å². The summed E-state index contributed by atoms with van der Waals surface area (Å²) in [6.45, 7) is 1.95. The second kappa shape index (κ2) is 3.10. The summed E-state index contributed by atoms with van der Waals surface area (Å²) in [6.07, 6.45) is 0.645. The molecule has 0 saturated heterocycles. The van der Waals surface area contributed by atoms with Crippen molar-refractivity contribution < 1.29 is 9.53 Å². The van der Waals surface area contributed by atoms with Crippen molar-refractivity contribution in [3.8, 4) is 0 Å². The van der Waals surface area contributed by atoms with Gasteiger partial charge in [0.15, 0.2) is 5.60 Å². The minimum atomic E-state index is -0.781. The molecule has 1 heterocycles. The molecular formula is C11H13NO2. The van der Waals surface area contributed by atoms with Crippen LogP contribution in [0.4, 0.5) is 5.69 Å². The van der Waals surface area contributed by atoms with E-state index in [1.807, 2.05) is 31.2 Å². The molecule has 1 aromatic carbocycles. The van der Waals surface area contributed by atoms with Crippen molar-refractivity contribution in [1.82, 2.24) is 0 Å². The number of ether oxygens (including phenoxy) is 1. The van der Waals surface area contributed by atoms with Gasteiger partial charge in [0.25, 0.3) is 5.91 Å². The zero-order valence-corrected chi connectivity index (χ0v) is 8.33. The fourth-order valence-electron chi connectivity index (χ4n) is 1.99. The monoisotopic (exact) mass is 191 g/mol. The molecule has 0 radical (unpaired) electrons. The number of nitrogens with one attached hydrogen (secondary N) is 1. The number of rotatable bonds is 2. The summed E-state index contributed by atoms with van der Waals surface area (Å²) < 4.78 is 5.37. The van der Waals surface area contributed by atoms with Crippen LogP contribution in [0.25, 0.3) is 0 Å². The lowest BCUT2D eigenvalue weighted by molar-refractivity contribution is -0.137. The average Bonchev–Trinajstić information content (AvgIpc) is 2.50. The van der Waals surface area contributed by atoms with Gasteiger partial charge in [-0.1, -0.05) is 25.1 Å². The van der Waals surface area contributed by atoms with Gasteiger partial charge >= 0.3 is 0 Å². The number of carbonyl (C=O) groups excluding carboxylic acids is 1. The van der Waals surface area contributed by atoms with Crippen LogP contribution in [0.15, 0.2) is 24.3 Å². The Kier molecular flexibility index (Phi) is 2.04. The second-order valence-electron chi connectivity index (χ2n) is 3.38. The lowest BCUT2D eigenvalue weighted by atomic mass is 9.92. The van der Waals surface area contributed by atoms with Crippen LogP contribution in [0.1, 0.15) is 18.9 Å². The molecule has 74 valence electrons. The number of benzene rings is 1. The van der Waals surface area contributed by atoms with Crippen molar-refractivity contribution in [2.75, 3.05) is 12.4 Å². The molecule has 14 heavy (non-hydrogen) atoms. The van der Waals surface area contributed by atoms with Crippen molar-refractivity contribution in [2.45, 2.75) is 18.9 Å². The summed E-state index contributed by atoms with van der Waals surface area (Å²) >= 11 is 0. The maximum atomic E-state index is 11.8. The first kappa shape index (κ1) is 9.21. The SMILES string of the molecule is CC[C@@]1(OC)C(=O)Nc2ccccc21. The number of anilines is 1. The predicted molar refractivity (Wildman–Crippen MR) is 54.0 cm³/mol. The normalized spacial score (nSPS) is 24.6. The lowest BCUT2D eigenvalue weighted by Gasteiger charge is -2.23. The zero-order valence-electron chi connectivity index (χ0n) is 8.33. The number of amides is 1. The zero-order chi connectivity index (χ0) is 10.2. The maximum Gasteiger partial charge on any atom is 0.261 e. The van der Waals surface area contributed by atoms with E-state index in [0.29, 0.717) is 6.42 Å². The molecule has 1 aromatic rings. The van der Waals surface area contributed by atoms with Gasteiger partial charge in [0.2, 0.25) is 0 Å². The highest BCUT2D eigenvalue weighted by Gasteiger charge is 2.45. The summed E-state index contributed by atoms with van der Waals surface area (Å²) in [6, 6.07) is 7.65. The predicted octanol–water partition coefficient (Wildman–Crippen LogP) is 1.89. The third-order valence-corrected chi connectivity index (χ3v) is 2.82. The summed E-state index contributed by atoms with van der Waals surface area (Å²) in [5, 5.41) is 2.83. The molecule has 0 fully saturated rings. The molecule has 1 N–H and O–H groups in total. The van der Waals surface area contributed by atoms with Crippen LogP contribution in [-0.4, -0.2) is 13.0 Å². The summed E-state index contributed by atoms with van der Waals surface area (Å²) in [5.41, 5.74) is 1.02. The number of hydrogen-bond acceptors (Lipinski definition) is 2. The fourth-order valence-corrected chi connectivity index (χ4v) is 1.99. The van der Waals surface area contributed by atoms with Gasteiger partial charge in [-0.15, -0.1) is 0 Å². The van der Waals surface area contributed by atoms with Gasteiger partial charge in [-0.05, 0) is 12.5 Å². The molecule has 0 aliphatic carbocycles. The van der Waals surface area contributed by atoms with Crippen LogP contribution < -0.4 is 5.32 Å². The highest BCUT2D eigenvalue weighted by Crippen LogP contribution is 2.40. The van der Waals surface area contributed by atoms with Gasteiger partial charge in [-0.3, -0.25) is 4.79 Å². The van der Waals surface area contributed by atoms with E-state index in [1.54, 1.807) is 7.11 Å². The third-order valence-electron chi connectivity index (χ3n) is 2.82. The number of hydrogen-bond donors (Lipinski definition) is 1. The number of para-hydroxylation sites is 1. The Morgan fingerprint density at radius 3 is 2.79 bits per heavy atom. The Labute approximate surface area is 83.1 Å². The molecule has 0 bridgehead atoms. The smallest absolute Gasteiger partial charge is 0.261 e. The minimum Gasteiger partial charge on any atom is -0.364 e. The Balaban J connectivity index is 2.58. The molecule has 0 spiro atoms. The van der Waals surface area contributed by atoms with Crippen LogP contribution in [0.2, 0.25) is 0 Å². The van der Waals surface area contributed by atoms with Crippen molar-refractivity contribution in [1.29, 1.82) is 0 Å². The fraction of sp³-hybridized carbons (Fsp3) is 0.364. The first-order valence-corrected chi connectivity index (χ1v) is 4.70. The Hall–Kier alpha value is -1.35. The largest absolute Gasteiger partial charge is 0.364 e. The summed E-state index contributed by atoms with van der Waals surface area (Å²) in [5.74, 6) is -0.0660. The summed E-state index contributed by atoms with van der Waals surface area (Å²) in [7, 11) is 1.57. The standard InChI is InChI=1S/C11H13NO2/c1-3-11(14-2)8-6-4-5-7-9(8)12-10(11)13/h4-7H,3H2,1-2H3,(H,12,13)/t11-/m0/s1. The van der Waals surface area contributed by atoms with Crippen LogP contribution in [0.5, 0.6) is 0 Å². The molecule has 1 atom stereocenters. The van der Waals surface area contributed by atoms with Gasteiger partial charge in [0.1, 0.15) is 0 Å². The molecule has 0 saturated carbocycles. The van der Waals surface area contributed by atoms with E-state index in [9.17, 15) is 4.79 Å². The van der Waals surface area contributed by atoms with Crippen molar-refractivity contribution in [2.24, 2.45) is 0 Å². The van der Waals surface area contributed by atoms with Crippen molar-refractivity contribution >= 4 is 11.6 Å². The number of methoxy groups -OCH3 is 1. The van der Waals surface area contributed by atoms with Gasteiger partial charge in [0.05, 0.1) is 0 Å². The van der Waals surface area contributed by atoms with E-state index in [-0.39, 0.29) is 5.91 Å². The minimum absolute atomic E-state index is 0.0660. The van der Waals surface area contributed by atoms with E-state index in [4.69, 9.17) is 4.74 Å². The molecule has 0 unspecified atom stereocenters. The van der Waals surface area contributed by atoms with Gasteiger partial charge < -0.3 is 10.1 Å². The Bertz CT molecular complexity index is 369.